The Kier molecular flexibility index (Phi) is 6.82. The summed E-state index contributed by atoms with van der Waals surface area (Å²) in [5.41, 5.74) is 0.342. The molecule has 20 heavy (non-hydrogen) atoms. The summed E-state index contributed by atoms with van der Waals surface area (Å²) < 4.78 is 5.63. The number of ketones is 1. The molecule has 0 amide bonds. The van der Waals surface area contributed by atoms with Crippen molar-refractivity contribution in [2.45, 2.75) is 26.2 Å². The predicted molar refractivity (Wildman–Crippen MR) is 73.0 cm³/mol. The fourth-order valence-corrected chi connectivity index (χ4v) is 2.51. The molecule has 5 heteroatoms. The van der Waals surface area contributed by atoms with Gasteiger partial charge in [-0.25, -0.2) is 0 Å². The average Bonchev–Trinajstić information content (AvgIpc) is 2.39. The zero-order valence-corrected chi connectivity index (χ0v) is 12.6. The minimum Gasteiger partial charge on any atom is -1.00 e. The van der Waals surface area contributed by atoms with E-state index in [1.165, 1.54) is 45.3 Å². The Labute approximate surface area is 126 Å². The van der Waals surface area contributed by atoms with Gasteiger partial charge in [0, 0.05) is 6.07 Å². The minimum atomic E-state index is -0.137. The molecule has 0 spiro atoms. The second-order valence-electron chi connectivity index (χ2n) is 5.14. The number of hydrogen-bond donors (Lipinski definition) is 2. The smallest absolute Gasteiger partial charge is 0.163 e. The summed E-state index contributed by atoms with van der Waals surface area (Å²) in [5.74, 6) is 0.482. The van der Waals surface area contributed by atoms with Gasteiger partial charge in [-0.05, 0) is 38.3 Å². The second kappa shape index (κ2) is 8.12. The van der Waals surface area contributed by atoms with Gasteiger partial charge in [-0.3, -0.25) is 4.79 Å². The molecule has 4 nitrogen and oxygen atoms in total. The van der Waals surface area contributed by atoms with E-state index in [4.69, 9.17) is 4.74 Å². The first-order valence-electron chi connectivity index (χ1n) is 6.97. The topological polar surface area (TPSA) is 51.0 Å². The second-order valence-corrected chi connectivity index (χ2v) is 5.14. The van der Waals surface area contributed by atoms with E-state index in [1.54, 1.807) is 17.0 Å². The summed E-state index contributed by atoms with van der Waals surface area (Å²) >= 11 is 0. The maximum absolute atomic E-state index is 11.2. The Balaban J connectivity index is 0.00000200. The number of carbonyl (C=O) groups is 1. The highest BCUT2D eigenvalue weighted by atomic mass is 35.5. The molecule has 0 aliphatic carbocycles. The van der Waals surface area contributed by atoms with Crippen LogP contribution in [0.2, 0.25) is 0 Å². The van der Waals surface area contributed by atoms with E-state index in [2.05, 4.69) is 0 Å². The Morgan fingerprint density at radius 1 is 1.30 bits per heavy atom. The molecule has 2 rings (SSSR count). The molecule has 1 aromatic rings. The van der Waals surface area contributed by atoms with Gasteiger partial charge in [0.25, 0.3) is 0 Å². The Hall–Kier alpha value is -1.26. The van der Waals surface area contributed by atoms with Crippen LogP contribution in [0.3, 0.4) is 0 Å². The summed E-state index contributed by atoms with van der Waals surface area (Å²) in [6, 6.07) is 4.87. The van der Waals surface area contributed by atoms with Crippen LogP contribution in [0, 0.1) is 0 Å². The maximum atomic E-state index is 11.2. The summed E-state index contributed by atoms with van der Waals surface area (Å²) in [6.07, 6.45) is 3.97. The molecule has 1 fully saturated rings. The van der Waals surface area contributed by atoms with Gasteiger partial charge >= 0.3 is 0 Å². The highest BCUT2D eigenvalue weighted by Gasteiger charge is 2.13. The predicted octanol–water partition coefficient (Wildman–Crippen LogP) is -1.95. The number of piperidine rings is 1. The van der Waals surface area contributed by atoms with Crippen LogP contribution in [0.25, 0.3) is 0 Å². The molecule has 1 aliphatic rings. The quantitative estimate of drug-likeness (QED) is 0.621. The van der Waals surface area contributed by atoms with E-state index < -0.39 is 0 Å². The lowest BCUT2D eigenvalue weighted by atomic mass is 10.1. The Bertz CT molecular complexity index is 445. The number of aromatic hydroxyl groups is 1. The monoisotopic (exact) mass is 299 g/mol. The highest BCUT2D eigenvalue weighted by Crippen LogP contribution is 2.23. The van der Waals surface area contributed by atoms with Crippen LogP contribution in [0.4, 0.5) is 0 Å². The van der Waals surface area contributed by atoms with Crippen LogP contribution in [-0.4, -0.2) is 37.1 Å². The van der Waals surface area contributed by atoms with Gasteiger partial charge in [-0.2, -0.15) is 0 Å². The Morgan fingerprint density at radius 3 is 2.60 bits per heavy atom. The molecular weight excluding hydrogens is 278 g/mol. The number of Topliss-reactive ketones (excluding diaryl/α,β-unsaturated/α-hetero) is 1. The van der Waals surface area contributed by atoms with Crippen molar-refractivity contribution >= 4 is 5.78 Å². The SMILES string of the molecule is CC(=O)c1ccc(OCC[NH+]2CCCCC2)cc1O.[Cl-]. The average molecular weight is 300 g/mol. The number of nitrogens with one attached hydrogen (secondary N) is 1. The van der Waals surface area contributed by atoms with E-state index in [0.717, 1.165) is 6.54 Å². The Morgan fingerprint density at radius 2 is 2.00 bits per heavy atom. The number of phenolic OH excluding ortho intramolecular Hbond substituents is 1. The van der Waals surface area contributed by atoms with Crippen molar-refractivity contribution in [3.63, 3.8) is 0 Å². The van der Waals surface area contributed by atoms with Gasteiger partial charge in [0.2, 0.25) is 0 Å². The molecule has 0 aromatic heterocycles. The fourth-order valence-electron chi connectivity index (χ4n) is 2.51. The van der Waals surface area contributed by atoms with Gasteiger partial charge in [0.15, 0.2) is 5.78 Å². The van der Waals surface area contributed by atoms with Crippen molar-refractivity contribution in [1.29, 1.82) is 0 Å². The number of rotatable bonds is 5. The van der Waals surface area contributed by atoms with Crippen molar-refractivity contribution in [1.82, 2.24) is 0 Å². The van der Waals surface area contributed by atoms with Gasteiger partial charge < -0.3 is 27.2 Å². The van der Waals surface area contributed by atoms with E-state index in [-0.39, 0.29) is 23.9 Å². The molecular formula is C15H22ClNO3. The molecule has 0 atom stereocenters. The number of likely N-dealkylation sites (tertiary alicyclic amines) is 1. The zero-order valence-electron chi connectivity index (χ0n) is 11.8. The third kappa shape index (κ3) is 4.69. The van der Waals surface area contributed by atoms with Crippen LogP contribution < -0.4 is 22.0 Å². The van der Waals surface area contributed by atoms with Crippen LogP contribution in [-0.2, 0) is 0 Å². The molecule has 1 heterocycles. The number of quaternary nitrogens is 1. The van der Waals surface area contributed by atoms with Crippen LogP contribution in [0.5, 0.6) is 11.5 Å². The first-order chi connectivity index (χ1) is 9.16. The number of benzene rings is 1. The summed E-state index contributed by atoms with van der Waals surface area (Å²) in [5, 5.41) is 9.70. The molecule has 1 saturated heterocycles. The third-order valence-electron chi connectivity index (χ3n) is 3.63. The summed E-state index contributed by atoms with van der Waals surface area (Å²) in [7, 11) is 0. The first-order valence-corrected chi connectivity index (χ1v) is 6.97. The van der Waals surface area contributed by atoms with Crippen molar-refractivity contribution in [2.24, 2.45) is 0 Å². The van der Waals surface area contributed by atoms with Crippen molar-refractivity contribution in [3.8, 4) is 11.5 Å². The van der Waals surface area contributed by atoms with Crippen LogP contribution in [0.1, 0.15) is 36.5 Å². The molecule has 0 bridgehead atoms. The first kappa shape index (κ1) is 16.8. The normalized spacial score (nSPS) is 15.4. The molecule has 1 aliphatic heterocycles. The molecule has 0 unspecified atom stereocenters. The van der Waals surface area contributed by atoms with Crippen molar-refractivity contribution in [3.05, 3.63) is 23.8 Å². The van der Waals surface area contributed by atoms with Gasteiger partial charge in [0.05, 0.1) is 18.7 Å². The lowest BCUT2D eigenvalue weighted by Gasteiger charge is -2.23. The standard InChI is InChI=1S/C15H21NO3.ClH/c1-12(17)14-6-5-13(11-15(14)18)19-10-9-16-7-3-2-4-8-16;/h5-6,11,18H,2-4,7-10H2,1H3;1H. The maximum Gasteiger partial charge on any atom is 0.163 e. The van der Waals surface area contributed by atoms with E-state index >= 15 is 0 Å². The summed E-state index contributed by atoms with van der Waals surface area (Å²) in [4.78, 5) is 12.8. The van der Waals surface area contributed by atoms with Gasteiger partial charge in [-0.1, -0.05) is 0 Å². The van der Waals surface area contributed by atoms with Gasteiger partial charge in [-0.15, -0.1) is 0 Å². The number of carbonyl (C=O) groups excluding carboxylic acids is 1. The molecule has 0 saturated carbocycles. The lowest BCUT2D eigenvalue weighted by molar-refractivity contribution is -0.904. The number of ether oxygens (including phenoxy) is 1. The third-order valence-corrected chi connectivity index (χ3v) is 3.63. The largest absolute Gasteiger partial charge is 1.00 e. The van der Waals surface area contributed by atoms with E-state index in [1.807, 2.05) is 0 Å². The number of phenols is 1. The summed E-state index contributed by atoms with van der Waals surface area (Å²) in [6.45, 7) is 5.55. The van der Waals surface area contributed by atoms with E-state index in [9.17, 15) is 9.90 Å². The molecule has 1 aromatic carbocycles. The number of hydrogen-bond acceptors (Lipinski definition) is 3. The molecule has 2 N–H and O–H groups in total. The van der Waals surface area contributed by atoms with E-state index in [0.29, 0.717) is 17.9 Å². The zero-order chi connectivity index (χ0) is 13.7. The van der Waals surface area contributed by atoms with Crippen molar-refractivity contribution < 1.29 is 31.9 Å². The minimum absolute atomic E-state index is 0. The molecule has 0 radical (unpaired) electrons. The van der Waals surface area contributed by atoms with Crippen molar-refractivity contribution in [2.75, 3.05) is 26.2 Å². The highest BCUT2D eigenvalue weighted by molar-refractivity contribution is 5.96. The van der Waals surface area contributed by atoms with Gasteiger partial charge in [0.1, 0.15) is 24.7 Å². The van der Waals surface area contributed by atoms with Crippen LogP contribution in [0.15, 0.2) is 18.2 Å². The fraction of sp³-hybridized carbons (Fsp3) is 0.533. The molecule has 112 valence electrons. The lowest BCUT2D eigenvalue weighted by Crippen LogP contribution is -3.13. The number of halogens is 1. The van der Waals surface area contributed by atoms with Crippen LogP contribution >= 0.6 is 0 Å².